The van der Waals surface area contributed by atoms with Crippen LogP contribution in [0.15, 0.2) is 54.6 Å². The fourth-order valence-electron chi connectivity index (χ4n) is 4.62. The van der Waals surface area contributed by atoms with E-state index in [2.05, 4.69) is 24.4 Å². The molecule has 0 spiro atoms. The number of hydrogen-bond donors (Lipinski definition) is 2. The molecule has 0 aliphatic rings. The molecule has 0 heterocycles. The number of carbonyl (C=O) groups is 1. The Labute approximate surface area is 220 Å². The van der Waals surface area contributed by atoms with Gasteiger partial charge in [-0.15, -0.1) is 0 Å². The van der Waals surface area contributed by atoms with Crippen LogP contribution in [-0.2, 0) is 11.2 Å². The molecular formula is C33H49NO2. The first-order valence-corrected chi connectivity index (χ1v) is 14.5. The number of phenolic OH excluding ortho intramolecular Hbond substituents is 1. The number of carbonyl (C=O) groups excluding carboxylic acids is 1. The van der Waals surface area contributed by atoms with E-state index in [0.29, 0.717) is 0 Å². The van der Waals surface area contributed by atoms with E-state index >= 15 is 0 Å². The molecule has 0 atom stereocenters. The predicted molar refractivity (Wildman–Crippen MR) is 155 cm³/mol. The van der Waals surface area contributed by atoms with E-state index in [1.807, 2.05) is 12.1 Å². The third kappa shape index (κ3) is 14.8. The smallest absolute Gasteiger partial charge is 0.248 e. The first-order chi connectivity index (χ1) is 17.7. The van der Waals surface area contributed by atoms with Gasteiger partial charge in [0.25, 0.3) is 0 Å². The standard InChI is InChI=1S/C33H49NO2/c1-2-3-4-5-6-7-8-9-10-11-12-13-14-15-16-17-19-30-20-18-21-31(28-30)34-33(36)27-24-29-22-25-32(35)26-23-29/h18,20-28,35H,2-17,19H2,1H3,(H,34,36)/b27-24+. The van der Waals surface area contributed by atoms with E-state index in [9.17, 15) is 9.90 Å². The molecule has 198 valence electrons. The highest BCUT2D eigenvalue weighted by Crippen LogP contribution is 2.17. The van der Waals surface area contributed by atoms with E-state index in [1.54, 1.807) is 30.3 Å². The van der Waals surface area contributed by atoms with Crippen molar-refractivity contribution in [2.75, 3.05) is 5.32 Å². The first-order valence-electron chi connectivity index (χ1n) is 14.5. The highest BCUT2D eigenvalue weighted by molar-refractivity contribution is 6.01. The molecule has 0 aliphatic heterocycles. The Balaban J connectivity index is 1.47. The van der Waals surface area contributed by atoms with Crippen LogP contribution in [0.2, 0.25) is 0 Å². The van der Waals surface area contributed by atoms with Crippen molar-refractivity contribution >= 4 is 17.7 Å². The second kappa shape index (κ2) is 19.6. The molecule has 0 unspecified atom stereocenters. The minimum atomic E-state index is -0.150. The molecule has 0 bridgehead atoms. The second-order valence-electron chi connectivity index (χ2n) is 10.2. The molecule has 0 fully saturated rings. The maximum atomic E-state index is 12.2. The minimum absolute atomic E-state index is 0.150. The van der Waals surface area contributed by atoms with E-state index in [1.165, 1.54) is 114 Å². The number of benzene rings is 2. The van der Waals surface area contributed by atoms with Gasteiger partial charge < -0.3 is 10.4 Å². The van der Waals surface area contributed by atoms with Gasteiger partial charge in [0.2, 0.25) is 5.91 Å². The summed E-state index contributed by atoms with van der Waals surface area (Å²) in [5, 5.41) is 12.3. The zero-order valence-corrected chi connectivity index (χ0v) is 22.6. The van der Waals surface area contributed by atoms with Crippen molar-refractivity contribution in [1.82, 2.24) is 0 Å². The Morgan fingerprint density at radius 1 is 0.722 bits per heavy atom. The number of hydrogen-bond acceptors (Lipinski definition) is 2. The molecule has 0 saturated carbocycles. The van der Waals surface area contributed by atoms with Gasteiger partial charge in [0.05, 0.1) is 0 Å². The molecule has 2 aromatic carbocycles. The van der Waals surface area contributed by atoms with Gasteiger partial charge in [-0.2, -0.15) is 0 Å². The molecule has 0 aliphatic carbocycles. The number of aromatic hydroxyl groups is 1. The van der Waals surface area contributed by atoms with Crippen LogP contribution in [0.1, 0.15) is 121 Å². The minimum Gasteiger partial charge on any atom is -0.508 e. The molecule has 1 amide bonds. The second-order valence-corrected chi connectivity index (χ2v) is 10.2. The van der Waals surface area contributed by atoms with Gasteiger partial charge in [-0.3, -0.25) is 4.79 Å². The molecule has 2 rings (SSSR count). The molecule has 36 heavy (non-hydrogen) atoms. The molecule has 2 aromatic rings. The average molecular weight is 492 g/mol. The molecule has 2 N–H and O–H groups in total. The Hall–Kier alpha value is -2.55. The van der Waals surface area contributed by atoms with Crippen molar-refractivity contribution in [2.45, 2.75) is 116 Å². The van der Waals surface area contributed by atoms with Gasteiger partial charge in [0.1, 0.15) is 5.75 Å². The summed E-state index contributed by atoms with van der Waals surface area (Å²) in [4.78, 5) is 12.2. The van der Waals surface area contributed by atoms with Gasteiger partial charge in [-0.05, 0) is 54.3 Å². The number of nitrogens with one attached hydrogen (secondary N) is 1. The fourth-order valence-corrected chi connectivity index (χ4v) is 4.62. The lowest BCUT2D eigenvalue weighted by Crippen LogP contribution is -2.07. The number of aryl methyl sites for hydroxylation is 1. The lowest BCUT2D eigenvalue weighted by atomic mass is 10.0. The fraction of sp³-hybridized carbons (Fsp3) is 0.545. The lowest BCUT2D eigenvalue weighted by molar-refractivity contribution is -0.111. The van der Waals surface area contributed by atoms with Crippen LogP contribution in [-0.4, -0.2) is 11.0 Å². The topological polar surface area (TPSA) is 49.3 Å². The van der Waals surface area contributed by atoms with E-state index in [0.717, 1.165) is 17.7 Å². The summed E-state index contributed by atoms with van der Waals surface area (Å²) in [5.41, 5.74) is 2.99. The maximum absolute atomic E-state index is 12.2. The third-order valence-corrected chi connectivity index (χ3v) is 6.83. The van der Waals surface area contributed by atoms with Crippen LogP contribution < -0.4 is 5.32 Å². The van der Waals surface area contributed by atoms with Gasteiger partial charge >= 0.3 is 0 Å². The lowest BCUT2D eigenvalue weighted by Gasteiger charge is -2.06. The van der Waals surface area contributed by atoms with Gasteiger partial charge in [-0.25, -0.2) is 0 Å². The number of amides is 1. The molecule has 3 nitrogen and oxygen atoms in total. The summed E-state index contributed by atoms with van der Waals surface area (Å²) >= 11 is 0. The SMILES string of the molecule is CCCCCCCCCCCCCCCCCCc1cccc(NC(=O)/C=C/c2ccc(O)cc2)c1. The van der Waals surface area contributed by atoms with Crippen LogP contribution >= 0.6 is 0 Å². The van der Waals surface area contributed by atoms with Crippen molar-refractivity contribution in [2.24, 2.45) is 0 Å². The van der Waals surface area contributed by atoms with Crippen LogP contribution in [0, 0.1) is 0 Å². The van der Waals surface area contributed by atoms with Crippen LogP contribution in [0.25, 0.3) is 6.08 Å². The number of anilines is 1. The predicted octanol–water partition coefficient (Wildman–Crippen LogP) is 9.85. The van der Waals surface area contributed by atoms with Crippen molar-refractivity contribution in [3.8, 4) is 5.75 Å². The van der Waals surface area contributed by atoms with E-state index in [4.69, 9.17) is 0 Å². The largest absolute Gasteiger partial charge is 0.508 e. The zero-order valence-electron chi connectivity index (χ0n) is 22.6. The molecule has 3 heteroatoms. The highest BCUT2D eigenvalue weighted by atomic mass is 16.3. The van der Waals surface area contributed by atoms with Gasteiger partial charge in [-0.1, -0.05) is 128 Å². The summed E-state index contributed by atoms with van der Waals surface area (Å²) < 4.78 is 0. The molecule has 0 saturated heterocycles. The third-order valence-electron chi connectivity index (χ3n) is 6.83. The number of phenols is 1. The van der Waals surface area contributed by atoms with Crippen LogP contribution in [0.4, 0.5) is 5.69 Å². The van der Waals surface area contributed by atoms with Crippen molar-refractivity contribution < 1.29 is 9.90 Å². The summed E-state index contributed by atoms with van der Waals surface area (Å²) in [7, 11) is 0. The number of unbranched alkanes of at least 4 members (excludes halogenated alkanes) is 15. The first kappa shape index (κ1) is 29.7. The maximum Gasteiger partial charge on any atom is 0.248 e. The highest BCUT2D eigenvalue weighted by Gasteiger charge is 2.01. The van der Waals surface area contributed by atoms with E-state index < -0.39 is 0 Å². The zero-order chi connectivity index (χ0) is 25.7. The molecular weight excluding hydrogens is 442 g/mol. The monoisotopic (exact) mass is 491 g/mol. The Morgan fingerprint density at radius 2 is 1.25 bits per heavy atom. The van der Waals surface area contributed by atoms with Crippen molar-refractivity contribution in [1.29, 1.82) is 0 Å². The normalized spacial score (nSPS) is 11.2. The van der Waals surface area contributed by atoms with Crippen molar-refractivity contribution in [3.05, 3.63) is 65.7 Å². The average Bonchev–Trinajstić information content (AvgIpc) is 2.88. The number of rotatable bonds is 20. The van der Waals surface area contributed by atoms with Gasteiger partial charge in [0, 0.05) is 11.8 Å². The van der Waals surface area contributed by atoms with Gasteiger partial charge in [0.15, 0.2) is 0 Å². The Morgan fingerprint density at radius 3 is 1.81 bits per heavy atom. The summed E-state index contributed by atoms with van der Waals surface area (Å²) in [6.45, 7) is 2.28. The quantitative estimate of drug-likeness (QED) is 0.143. The molecule has 0 aromatic heterocycles. The van der Waals surface area contributed by atoms with E-state index in [-0.39, 0.29) is 11.7 Å². The summed E-state index contributed by atoms with van der Waals surface area (Å²) in [6.07, 6.45) is 26.5. The summed E-state index contributed by atoms with van der Waals surface area (Å²) in [6, 6.07) is 14.9. The molecule has 0 radical (unpaired) electrons. The van der Waals surface area contributed by atoms with Crippen LogP contribution in [0.5, 0.6) is 5.75 Å². The van der Waals surface area contributed by atoms with Crippen molar-refractivity contribution in [3.63, 3.8) is 0 Å². The Kier molecular flexibility index (Phi) is 16.2. The summed E-state index contributed by atoms with van der Waals surface area (Å²) in [5.74, 6) is 0.0698. The Bertz CT molecular complexity index is 856. The van der Waals surface area contributed by atoms with Crippen LogP contribution in [0.3, 0.4) is 0 Å².